The first-order valence-electron chi connectivity index (χ1n) is 5.47. The van der Waals surface area contributed by atoms with E-state index in [2.05, 4.69) is 22.2 Å². The van der Waals surface area contributed by atoms with Gasteiger partial charge in [-0.15, -0.1) is 5.10 Å². The normalized spacial score (nSPS) is 10.5. The van der Waals surface area contributed by atoms with Gasteiger partial charge in [0.2, 0.25) is 5.95 Å². The quantitative estimate of drug-likeness (QED) is 0.860. The molecule has 1 aromatic heterocycles. The van der Waals surface area contributed by atoms with E-state index in [1.54, 1.807) is 11.8 Å². The van der Waals surface area contributed by atoms with Crippen LogP contribution in [0, 0.1) is 0 Å². The van der Waals surface area contributed by atoms with Crippen LogP contribution in [-0.4, -0.2) is 21.9 Å². The minimum Gasteiger partial charge on any atom is -0.497 e. The highest BCUT2D eigenvalue weighted by atomic mass is 16.5. The molecule has 2 aromatic rings. The molecule has 2 N–H and O–H groups in total. The summed E-state index contributed by atoms with van der Waals surface area (Å²) in [7, 11) is 3.52. The van der Waals surface area contributed by atoms with Gasteiger partial charge in [-0.2, -0.15) is 4.98 Å². The van der Waals surface area contributed by atoms with E-state index in [0.29, 0.717) is 5.95 Å². The Bertz CT molecular complexity index is 490. The lowest BCUT2D eigenvalue weighted by atomic mass is 10.1. The zero-order chi connectivity index (χ0) is 12.3. The lowest BCUT2D eigenvalue weighted by Gasteiger charge is -2.03. The summed E-state index contributed by atoms with van der Waals surface area (Å²) in [6.45, 7) is 0. The average molecular weight is 232 g/mol. The second-order valence-corrected chi connectivity index (χ2v) is 3.86. The fourth-order valence-electron chi connectivity index (χ4n) is 1.70. The molecule has 2 rings (SSSR count). The number of hydrogen-bond acceptors (Lipinski definition) is 4. The van der Waals surface area contributed by atoms with Crippen molar-refractivity contribution >= 4 is 5.95 Å². The monoisotopic (exact) mass is 232 g/mol. The smallest absolute Gasteiger partial charge is 0.239 e. The van der Waals surface area contributed by atoms with Crippen LogP contribution in [0.3, 0.4) is 0 Å². The Balaban J connectivity index is 1.99. The lowest BCUT2D eigenvalue weighted by molar-refractivity contribution is 0.414. The molecule has 5 nitrogen and oxygen atoms in total. The van der Waals surface area contributed by atoms with E-state index in [1.807, 2.05) is 19.2 Å². The number of methoxy groups -OCH3 is 1. The average Bonchev–Trinajstić information content (AvgIpc) is 2.66. The summed E-state index contributed by atoms with van der Waals surface area (Å²) in [5.41, 5.74) is 6.77. The Morgan fingerprint density at radius 2 is 1.94 bits per heavy atom. The topological polar surface area (TPSA) is 66.0 Å². The van der Waals surface area contributed by atoms with Crippen LogP contribution in [0.1, 0.15) is 11.4 Å². The van der Waals surface area contributed by atoms with E-state index in [1.165, 1.54) is 5.56 Å². The van der Waals surface area contributed by atoms with E-state index < -0.39 is 0 Å². The van der Waals surface area contributed by atoms with Crippen LogP contribution in [0.5, 0.6) is 5.75 Å². The van der Waals surface area contributed by atoms with Crippen molar-refractivity contribution in [3.8, 4) is 5.75 Å². The molecule has 0 unspecified atom stereocenters. The summed E-state index contributed by atoms with van der Waals surface area (Å²) in [5.74, 6) is 2.10. The van der Waals surface area contributed by atoms with Gasteiger partial charge in [-0.25, -0.2) is 0 Å². The van der Waals surface area contributed by atoms with Crippen molar-refractivity contribution in [3.05, 3.63) is 35.7 Å². The molecule has 0 amide bonds. The van der Waals surface area contributed by atoms with Gasteiger partial charge in [-0.05, 0) is 24.1 Å². The molecule has 90 valence electrons. The first-order valence-corrected chi connectivity index (χ1v) is 5.47. The zero-order valence-corrected chi connectivity index (χ0v) is 10.1. The third kappa shape index (κ3) is 2.75. The zero-order valence-electron chi connectivity index (χ0n) is 10.1. The molecule has 0 saturated heterocycles. The number of aryl methyl sites for hydroxylation is 3. The van der Waals surface area contributed by atoms with E-state index in [0.717, 1.165) is 24.4 Å². The predicted octanol–water partition coefficient (Wildman–Crippen LogP) is 1.19. The Labute approximate surface area is 100 Å². The van der Waals surface area contributed by atoms with Crippen LogP contribution in [0.15, 0.2) is 24.3 Å². The SMILES string of the molecule is COc1ccc(CCc2nc(N)nn2C)cc1. The second-order valence-electron chi connectivity index (χ2n) is 3.86. The minimum atomic E-state index is 0.331. The Kier molecular flexibility index (Phi) is 3.27. The van der Waals surface area contributed by atoms with Gasteiger partial charge in [0.15, 0.2) is 0 Å². The fraction of sp³-hybridized carbons (Fsp3) is 0.333. The van der Waals surface area contributed by atoms with Crippen LogP contribution in [0.4, 0.5) is 5.95 Å². The van der Waals surface area contributed by atoms with Gasteiger partial charge in [0.05, 0.1) is 7.11 Å². The molecule has 0 aliphatic rings. The summed E-state index contributed by atoms with van der Waals surface area (Å²) >= 11 is 0. The number of hydrogen-bond donors (Lipinski definition) is 1. The second kappa shape index (κ2) is 4.86. The van der Waals surface area contributed by atoms with Gasteiger partial charge in [-0.3, -0.25) is 4.68 Å². The summed E-state index contributed by atoms with van der Waals surface area (Å²) in [6.07, 6.45) is 1.74. The molecule has 0 aliphatic heterocycles. The van der Waals surface area contributed by atoms with Gasteiger partial charge in [-0.1, -0.05) is 12.1 Å². The molecule has 0 aliphatic carbocycles. The van der Waals surface area contributed by atoms with E-state index in [9.17, 15) is 0 Å². The van der Waals surface area contributed by atoms with Gasteiger partial charge in [0.1, 0.15) is 11.6 Å². The molecule has 0 bridgehead atoms. The van der Waals surface area contributed by atoms with Gasteiger partial charge in [0.25, 0.3) is 0 Å². The Morgan fingerprint density at radius 3 is 2.47 bits per heavy atom. The number of ether oxygens (including phenoxy) is 1. The van der Waals surface area contributed by atoms with E-state index in [4.69, 9.17) is 10.5 Å². The fourth-order valence-corrected chi connectivity index (χ4v) is 1.70. The molecule has 1 aromatic carbocycles. The highest BCUT2D eigenvalue weighted by molar-refractivity contribution is 5.27. The number of benzene rings is 1. The van der Waals surface area contributed by atoms with Crippen LogP contribution < -0.4 is 10.5 Å². The highest BCUT2D eigenvalue weighted by Crippen LogP contribution is 2.13. The van der Waals surface area contributed by atoms with Crippen molar-refractivity contribution in [2.75, 3.05) is 12.8 Å². The maximum atomic E-state index is 5.53. The van der Waals surface area contributed by atoms with Crippen LogP contribution >= 0.6 is 0 Å². The van der Waals surface area contributed by atoms with E-state index in [-0.39, 0.29) is 0 Å². The maximum absolute atomic E-state index is 5.53. The van der Waals surface area contributed by atoms with Crippen LogP contribution in [0.25, 0.3) is 0 Å². The lowest BCUT2D eigenvalue weighted by Crippen LogP contribution is -2.01. The molecule has 0 radical (unpaired) electrons. The maximum Gasteiger partial charge on any atom is 0.239 e. The number of nitrogens with zero attached hydrogens (tertiary/aromatic N) is 3. The molecule has 0 fully saturated rings. The number of anilines is 1. The standard InChI is InChI=1S/C12H16N4O/c1-16-11(14-12(13)15-16)8-5-9-3-6-10(17-2)7-4-9/h3-4,6-7H,5,8H2,1-2H3,(H2,13,15). The molecule has 17 heavy (non-hydrogen) atoms. The first kappa shape index (κ1) is 11.4. The molecule has 0 saturated carbocycles. The van der Waals surface area contributed by atoms with Crippen molar-refractivity contribution in [3.63, 3.8) is 0 Å². The first-order chi connectivity index (χ1) is 8.19. The molecule has 0 spiro atoms. The predicted molar refractivity (Wildman–Crippen MR) is 65.8 cm³/mol. The Morgan fingerprint density at radius 1 is 1.24 bits per heavy atom. The molecule has 5 heteroatoms. The van der Waals surface area contributed by atoms with Crippen LogP contribution in [-0.2, 0) is 19.9 Å². The number of aromatic nitrogens is 3. The molecule has 1 heterocycles. The number of nitrogen functional groups attached to an aromatic ring is 1. The van der Waals surface area contributed by atoms with Crippen molar-refractivity contribution < 1.29 is 4.74 Å². The largest absolute Gasteiger partial charge is 0.497 e. The van der Waals surface area contributed by atoms with Crippen molar-refractivity contribution in [1.29, 1.82) is 0 Å². The molecular weight excluding hydrogens is 216 g/mol. The summed E-state index contributed by atoms with van der Waals surface area (Å²) in [4.78, 5) is 4.16. The van der Waals surface area contributed by atoms with Gasteiger partial charge >= 0.3 is 0 Å². The number of nitrogens with two attached hydrogens (primary N) is 1. The van der Waals surface area contributed by atoms with Crippen molar-refractivity contribution in [2.45, 2.75) is 12.8 Å². The van der Waals surface area contributed by atoms with Crippen molar-refractivity contribution in [2.24, 2.45) is 7.05 Å². The summed E-state index contributed by atoms with van der Waals surface area (Å²) in [6, 6.07) is 8.03. The summed E-state index contributed by atoms with van der Waals surface area (Å²) < 4.78 is 6.83. The van der Waals surface area contributed by atoms with Crippen molar-refractivity contribution in [1.82, 2.24) is 14.8 Å². The Hall–Kier alpha value is -2.04. The third-order valence-electron chi connectivity index (χ3n) is 2.67. The highest BCUT2D eigenvalue weighted by Gasteiger charge is 2.04. The van der Waals surface area contributed by atoms with E-state index >= 15 is 0 Å². The molecular formula is C12H16N4O. The van der Waals surface area contributed by atoms with Crippen LogP contribution in [0.2, 0.25) is 0 Å². The minimum absolute atomic E-state index is 0.331. The van der Waals surface area contributed by atoms with Gasteiger partial charge < -0.3 is 10.5 Å². The molecule has 0 atom stereocenters. The number of rotatable bonds is 4. The third-order valence-corrected chi connectivity index (χ3v) is 2.67. The van der Waals surface area contributed by atoms with Gasteiger partial charge in [0, 0.05) is 13.5 Å². The summed E-state index contributed by atoms with van der Waals surface area (Å²) in [5, 5.41) is 4.01.